The Morgan fingerprint density at radius 1 is 1.22 bits per heavy atom. The summed E-state index contributed by atoms with van der Waals surface area (Å²) in [7, 11) is 0. The van der Waals surface area contributed by atoms with Gasteiger partial charge < -0.3 is 10.1 Å². The number of likely N-dealkylation sites (N-methyl/N-ethyl adjacent to an activating group) is 1. The molecule has 1 heterocycles. The third-order valence-corrected chi connectivity index (χ3v) is 4.79. The molecule has 1 aliphatic rings. The summed E-state index contributed by atoms with van der Waals surface area (Å²) in [6.45, 7) is 2.52. The number of nitrogens with zero attached hydrogens (tertiary/aromatic N) is 1. The Hall–Kier alpha value is -2.15. The molecule has 0 aromatic heterocycles. The highest BCUT2D eigenvalue weighted by molar-refractivity contribution is 7.80. The van der Waals surface area contributed by atoms with Gasteiger partial charge >= 0.3 is 0 Å². The predicted octanol–water partition coefficient (Wildman–Crippen LogP) is 4.79. The number of amides is 1. The molecule has 2 aromatic rings. The van der Waals surface area contributed by atoms with Crippen molar-refractivity contribution in [2.75, 3.05) is 6.54 Å². The molecule has 27 heavy (non-hydrogen) atoms. The first-order valence-corrected chi connectivity index (χ1v) is 9.26. The maximum absolute atomic E-state index is 13.0. The summed E-state index contributed by atoms with van der Waals surface area (Å²) < 4.78 is 18.6. The van der Waals surface area contributed by atoms with E-state index in [0.29, 0.717) is 38.7 Å². The lowest BCUT2D eigenvalue weighted by Crippen LogP contribution is -2.30. The zero-order chi connectivity index (χ0) is 19.6. The van der Waals surface area contributed by atoms with Crippen molar-refractivity contribution in [3.05, 3.63) is 69.1 Å². The lowest BCUT2D eigenvalue weighted by molar-refractivity contribution is -0.122. The lowest BCUT2D eigenvalue weighted by Gasteiger charge is -2.11. The summed E-state index contributed by atoms with van der Waals surface area (Å²) in [6, 6.07) is 9.24. The molecule has 1 amide bonds. The Morgan fingerprint density at radius 3 is 2.41 bits per heavy atom. The zero-order valence-corrected chi connectivity index (χ0v) is 16.6. The number of hydrogen-bond donors (Lipinski definition) is 1. The van der Waals surface area contributed by atoms with E-state index in [4.69, 9.17) is 40.2 Å². The summed E-state index contributed by atoms with van der Waals surface area (Å²) in [6.07, 6.45) is 1.63. The smallest absolute Gasteiger partial charge is 0.276 e. The standard InChI is InChI=1S/C19H15Cl2FN2O2S/c1-2-24-18(25)16(23-19(24)27)9-12-7-14(20)17(15(21)8-12)26-10-11-3-5-13(22)6-4-11/h3-9H,2,10H2,1H3,(H,23,27)/b16-9-. The van der Waals surface area contributed by atoms with E-state index in [1.807, 2.05) is 6.92 Å². The van der Waals surface area contributed by atoms with E-state index in [0.717, 1.165) is 5.56 Å². The summed E-state index contributed by atoms with van der Waals surface area (Å²) in [4.78, 5) is 13.7. The van der Waals surface area contributed by atoms with Crippen LogP contribution >= 0.6 is 35.4 Å². The maximum Gasteiger partial charge on any atom is 0.276 e. The molecule has 0 saturated carbocycles. The average molecular weight is 425 g/mol. The summed E-state index contributed by atoms with van der Waals surface area (Å²) >= 11 is 17.7. The zero-order valence-electron chi connectivity index (χ0n) is 14.3. The minimum atomic E-state index is -0.316. The largest absolute Gasteiger partial charge is 0.486 e. The van der Waals surface area contributed by atoms with E-state index in [1.54, 1.807) is 30.3 Å². The van der Waals surface area contributed by atoms with Gasteiger partial charge in [-0.2, -0.15) is 0 Å². The van der Waals surface area contributed by atoms with E-state index in [-0.39, 0.29) is 18.3 Å². The number of thiocarbonyl (C=S) groups is 1. The van der Waals surface area contributed by atoms with Crippen LogP contribution in [0.4, 0.5) is 4.39 Å². The van der Waals surface area contributed by atoms with Crippen molar-refractivity contribution >= 4 is 52.5 Å². The molecule has 0 radical (unpaired) electrons. The highest BCUT2D eigenvalue weighted by Crippen LogP contribution is 2.35. The molecule has 2 aromatic carbocycles. The first-order chi connectivity index (χ1) is 12.9. The van der Waals surface area contributed by atoms with Gasteiger partial charge in [-0.3, -0.25) is 9.69 Å². The van der Waals surface area contributed by atoms with Crippen molar-refractivity contribution < 1.29 is 13.9 Å². The van der Waals surface area contributed by atoms with Gasteiger partial charge in [0.2, 0.25) is 0 Å². The first kappa shape index (κ1) is 19.6. The molecule has 8 heteroatoms. The van der Waals surface area contributed by atoms with Crippen molar-refractivity contribution in [2.24, 2.45) is 0 Å². The minimum absolute atomic E-state index is 0.194. The van der Waals surface area contributed by atoms with E-state index < -0.39 is 0 Å². The van der Waals surface area contributed by atoms with Crippen molar-refractivity contribution in [2.45, 2.75) is 13.5 Å². The third-order valence-electron chi connectivity index (χ3n) is 3.91. The summed E-state index contributed by atoms with van der Waals surface area (Å²) in [5, 5.41) is 3.85. The molecule has 0 bridgehead atoms. The molecule has 4 nitrogen and oxygen atoms in total. The predicted molar refractivity (Wildman–Crippen MR) is 108 cm³/mol. The van der Waals surface area contributed by atoms with Crippen LogP contribution in [0.3, 0.4) is 0 Å². The van der Waals surface area contributed by atoms with E-state index >= 15 is 0 Å². The minimum Gasteiger partial charge on any atom is -0.486 e. The van der Waals surface area contributed by atoms with E-state index in [9.17, 15) is 9.18 Å². The first-order valence-electron chi connectivity index (χ1n) is 8.10. The van der Waals surface area contributed by atoms with E-state index in [1.165, 1.54) is 17.0 Å². The van der Waals surface area contributed by atoms with Crippen LogP contribution in [0, 0.1) is 5.82 Å². The number of halogens is 3. The van der Waals surface area contributed by atoms with Gasteiger partial charge in [0, 0.05) is 6.54 Å². The molecule has 1 aliphatic heterocycles. The van der Waals surface area contributed by atoms with Gasteiger partial charge in [0.05, 0.1) is 10.0 Å². The summed E-state index contributed by atoms with van der Waals surface area (Å²) in [5.41, 5.74) is 1.77. The van der Waals surface area contributed by atoms with Gasteiger partial charge in [0.25, 0.3) is 5.91 Å². The molecule has 0 unspecified atom stereocenters. The SMILES string of the molecule is CCN1C(=O)/C(=C/c2cc(Cl)c(OCc3ccc(F)cc3)c(Cl)c2)NC1=S. The number of rotatable bonds is 5. The number of hydrogen-bond acceptors (Lipinski definition) is 3. The van der Waals surface area contributed by atoms with E-state index in [2.05, 4.69) is 5.32 Å². The molecule has 140 valence electrons. The topological polar surface area (TPSA) is 41.6 Å². The Bertz CT molecular complexity index is 909. The van der Waals surface area contributed by atoms with Gasteiger partial charge in [-0.05, 0) is 60.6 Å². The van der Waals surface area contributed by atoms with Crippen molar-refractivity contribution in [1.29, 1.82) is 0 Å². The number of carbonyl (C=O) groups is 1. The van der Waals surface area contributed by atoms with Gasteiger partial charge in [0.15, 0.2) is 10.9 Å². The van der Waals surface area contributed by atoms with Crippen LogP contribution in [-0.4, -0.2) is 22.5 Å². The number of benzene rings is 2. The van der Waals surface area contributed by atoms with Crippen molar-refractivity contribution in [3.63, 3.8) is 0 Å². The van der Waals surface area contributed by atoms with Crippen LogP contribution in [-0.2, 0) is 11.4 Å². The monoisotopic (exact) mass is 424 g/mol. The fourth-order valence-corrected chi connectivity index (χ4v) is 3.50. The second-order valence-electron chi connectivity index (χ2n) is 5.77. The van der Waals surface area contributed by atoms with Gasteiger partial charge in [-0.15, -0.1) is 0 Å². The molecule has 1 saturated heterocycles. The molecular weight excluding hydrogens is 410 g/mol. The Labute approximate surface area is 171 Å². The second kappa shape index (κ2) is 8.25. The quantitative estimate of drug-likeness (QED) is 0.553. The summed E-state index contributed by atoms with van der Waals surface area (Å²) in [5.74, 6) is -0.198. The lowest BCUT2D eigenvalue weighted by atomic mass is 10.1. The number of nitrogens with one attached hydrogen (secondary N) is 1. The van der Waals surface area contributed by atoms with Crippen LogP contribution < -0.4 is 10.1 Å². The van der Waals surface area contributed by atoms with Crippen LogP contribution in [0.15, 0.2) is 42.1 Å². The van der Waals surface area contributed by atoms with Gasteiger partial charge in [0.1, 0.15) is 18.1 Å². The fraction of sp³-hybridized carbons (Fsp3) is 0.158. The molecule has 0 spiro atoms. The normalized spacial score (nSPS) is 15.4. The van der Waals surface area contributed by atoms with Gasteiger partial charge in [-0.1, -0.05) is 35.3 Å². The maximum atomic E-state index is 13.0. The second-order valence-corrected chi connectivity index (χ2v) is 6.97. The van der Waals surface area contributed by atoms with Crippen molar-refractivity contribution in [1.82, 2.24) is 10.2 Å². The van der Waals surface area contributed by atoms with Crippen LogP contribution in [0.1, 0.15) is 18.1 Å². The fourth-order valence-electron chi connectivity index (χ4n) is 2.56. The molecule has 3 rings (SSSR count). The average Bonchev–Trinajstić information content (AvgIpc) is 2.88. The van der Waals surface area contributed by atoms with Crippen LogP contribution in [0.2, 0.25) is 10.0 Å². The van der Waals surface area contributed by atoms with Gasteiger partial charge in [-0.25, -0.2) is 4.39 Å². The number of ether oxygens (including phenoxy) is 1. The van der Waals surface area contributed by atoms with Crippen LogP contribution in [0.5, 0.6) is 5.75 Å². The molecule has 0 aliphatic carbocycles. The Kier molecular flexibility index (Phi) is 5.99. The van der Waals surface area contributed by atoms with Crippen LogP contribution in [0.25, 0.3) is 6.08 Å². The molecular formula is C19H15Cl2FN2O2S. The Morgan fingerprint density at radius 2 is 1.85 bits per heavy atom. The molecule has 1 fully saturated rings. The highest BCUT2D eigenvalue weighted by Gasteiger charge is 2.29. The Balaban J connectivity index is 1.79. The number of carbonyl (C=O) groups excluding carboxylic acids is 1. The third kappa shape index (κ3) is 4.40. The molecule has 1 N–H and O–H groups in total. The molecule has 0 atom stereocenters. The highest BCUT2D eigenvalue weighted by atomic mass is 35.5. The van der Waals surface area contributed by atoms with Crippen molar-refractivity contribution in [3.8, 4) is 5.75 Å².